The van der Waals surface area contributed by atoms with Gasteiger partial charge in [-0.1, -0.05) is 40.9 Å². The molecule has 1 heterocycles. The molecule has 5 heteroatoms. The van der Waals surface area contributed by atoms with E-state index in [2.05, 4.69) is 31.6 Å². The Labute approximate surface area is 143 Å². The third kappa shape index (κ3) is 3.41. The molecule has 0 bridgehead atoms. The minimum Gasteiger partial charge on any atom is -0.344 e. The maximum absolute atomic E-state index is 12.5. The summed E-state index contributed by atoms with van der Waals surface area (Å²) in [6, 6.07) is 7.91. The molecule has 0 saturated heterocycles. The van der Waals surface area contributed by atoms with E-state index in [1.165, 1.54) is 0 Å². The van der Waals surface area contributed by atoms with Crippen molar-refractivity contribution in [3.05, 3.63) is 50.4 Å². The van der Waals surface area contributed by atoms with Crippen molar-refractivity contribution in [3.63, 3.8) is 0 Å². The van der Waals surface area contributed by atoms with Gasteiger partial charge < -0.3 is 5.32 Å². The van der Waals surface area contributed by atoms with Gasteiger partial charge >= 0.3 is 0 Å². The topological polar surface area (TPSA) is 42.0 Å². The number of aryl methyl sites for hydroxylation is 1. The van der Waals surface area contributed by atoms with Crippen molar-refractivity contribution in [1.82, 2.24) is 10.3 Å². The number of hydrogen-bond acceptors (Lipinski definition) is 3. The zero-order valence-corrected chi connectivity index (χ0v) is 15.0. The van der Waals surface area contributed by atoms with E-state index in [0.29, 0.717) is 6.42 Å². The average Bonchev–Trinajstić information content (AvgIpc) is 3.08. The van der Waals surface area contributed by atoms with Crippen LogP contribution in [0.1, 0.15) is 41.9 Å². The van der Waals surface area contributed by atoms with Crippen molar-refractivity contribution in [1.29, 1.82) is 0 Å². The smallest absolute Gasteiger partial charge is 0.225 e. The second-order valence-corrected chi connectivity index (χ2v) is 7.71. The van der Waals surface area contributed by atoms with E-state index >= 15 is 0 Å². The second-order valence-electron chi connectivity index (χ2n) is 5.94. The first-order chi connectivity index (χ1) is 10.6. The van der Waals surface area contributed by atoms with Crippen molar-refractivity contribution in [2.75, 3.05) is 0 Å². The highest BCUT2D eigenvalue weighted by atomic mass is 79.9. The fourth-order valence-electron chi connectivity index (χ4n) is 3.09. The molecule has 116 valence electrons. The zero-order valence-electron chi connectivity index (χ0n) is 12.6. The lowest BCUT2D eigenvalue weighted by atomic mass is 9.97. The predicted molar refractivity (Wildman–Crippen MR) is 93.0 cm³/mol. The Kier molecular flexibility index (Phi) is 4.64. The summed E-state index contributed by atoms with van der Waals surface area (Å²) in [6.07, 6.45) is 4.69. The van der Waals surface area contributed by atoms with Gasteiger partial charge in [0.1, 0.15) is 5.01 Å². The summed E-state index contributed by atoms with van der Waals surface area (Å²) in [5.74, 6) is 0.0767. The van der Waals surface area contributed by atoms with Crippen LogP contribution in [-0.2, 0) is 16.8 Å². The van der Waals surface area contributed by atoms with Crippen molar-refractivity contribution >= 4 is 33.2 Å². The van der Waals surface area contributed by atoms with Crippen LogP contribution in [0.3, 0.4) is 0 Å². The summed E-state index contributed by atoms with van der Waals surface area (Å²) < 4.78 is 1.00. The standard InChI is InChI=1S/C17H19BrN2OS/c1-12-11-22-16(19-12)17(7-2-3-8-17)20-15(21)10-13-5-4-6-14(18)9-13/h4-6,9,11H,2-3,7-8,10H2,1H3,(H,20,21). The fraction of sp³-hybridized carbons (Fsp3) is 0.412. The number of thiazole rings is 1. The molecule has 1 aliphatic carbocycles. The number of carbonyl (C=O) groups is 1. The first-order valence-electron chi connectivity index (χ1n) is 7.55. The third-order valence-corrected chi connectivity index (χ3v) is 5.78. The summed E-state index contributed by atoms with van der Waals surface area (Å²) in [6.45, 7) is 2.01. The SMILES string of the molecule is Cc1csc(C2(NC(=O)Cc3cccc(Br)c3)CCCC2)n1. The molecule has 1 fully saturated rings. The summed E-state index contributed by atoms with van der Waals surface area (Å²) in [5.41, 5.74) is 1.81. The number of amides is 1. The van der Waals surface area contributed by atoms with E-state index < -0.39 is 0 Å². The number of rotatable bonds is 4. The fourth-order valence-corrected chi connectivity index (χ4v) is 4.55. The molecule has 0 unspecified atom stereocenters. The number of nitrogens with one attached hydrogen (secondary N) is 1. The predicted octanol–water partition coefficient (Wildman–Crippen LogP) is 4.34. The van der Waals surface area contributed by atoms with Crippen LogP contribution in [0.25, 0.3) is 0 Å². The van der Waals surface area contributed by atoms with Gasteiger partial charge in [-0.3, -0.25) is 4.79 Å². The van der Waals surface area contributed by atoms with E-state index in [0.717, 1.165) is 46.4 Å². The van der Waals surface area contributed by atoms with Crippen molar-refractivity contribution in [3.8, 4) is 0 Å². The highest BCUT2D eigenvalue weighted by Crippen LogP contribution is 2.40. The molecule has 0 atom stereocenters. The molecule has 22 heavy (non-hydrogen) atoms. The molecule has 2 aromatic rings. The minimum absolute atomic E-state index is 0.0767. The lowest BCUT2D eigenvalue weighted by molar-refractivity contribution is -0.122. The largest absolute Gasteiger partial charge is 0.344 e. The number of carbonyl (C=O) groups excluding carboxylic acids is 1. The lowest BCUT2D eigenvalue weighted by Gasteiger charge is -2.28. The molecule has 1 aliphatic rings. The van der Waals surface area contributed by atoms with E-state index in [-0.39, 0.29) is 11.4 Å². The van der Waals surface area contributed by atoms with Gasteiger partial charge in [0, 0.05) is 15.5 Å². The Morgan fingerprint density at radius 1 is 1.41 bits per heavy atom. The number of nitrogens with zero attached hydrogens (tertiary/aromatic N) is 1. The van der Waals surface area contributed by atoms with Gasteiger partial charge in [-0.05, 0) is 37.5 Å². The van der Waals surface area contributed by atoms with E-state index in [4.69, 9.17) is 0 Å². The quantitative estimate of drug-likeness (QED) is 0.859. The average molecular weight is 379 g/mol. The van der Waals surface area contributed by atoms with Crippen LogP contribution in [0, 0.1) is 6.92 Å². The third-order valence-electron chi connectivity index (χ3n) is 4.12. The van der Waals surface area contributed by atoms with Gasteiger partial charge in [0.05, 0.1) is 12.0 Å². The molecule has 0 radical (unpaired) electrons. The van der Waals surface area contributed by atoms with Crippen LogP contribution in [0.5, 0.6) is 0 Å². The Morgan fingerprint density at radius 3 is 2.82 bits per heavy atom. The summed E-state index contributed by atoms with van der Waals surface area (Å²) in [4.78, 5) is 17.2. The molecule has 1 N–H and O–H groups in total. The maximum atomic E-state index is 12.5. The van der Waals surface area contributed by atoms with Crippen molar-refractivity contribution < 1.29 is 4.79 Å². The number of hydrogen-bond donors (Lipinski definition) is 1. The van der Waals surface area contributed by atoms with Crippen LogP contribution in [0.15, 0.2) is 34.1 Å². The summed E-state index contributed by atoms with van der Waals surface area (Å²) in [5, 5.41) is 6.41. The van der Waals surface area contributed by atoms with Gasteiger partial charge in [-0.15, -0.1) is 11.3 Å². The maximum Gasteiger partial charge on any atom is 0.225 e. The van der Waals surface area contributed by atoms with E-state index in [9.17, 15) is 4.79 Å². The molecule has 1 aromatic carbocycles. The molecule has 1 aromatic heterocycles. The van der Waals surface area contributed by atoms with Crippen molar-refractivity contribution in [2.24, 2.45) is 0 Å². The Morgan fingerprint density at radius 2 is 2.18 bits per heavy atom. The van der Waals surface area contributed by atoms with Gasteiger partial charge in [0.2, 0.25) is 5.91 Å². The highest BCUT2D eigenvalue weighted by Gasteiger charge is 2.39. The zero-order chi connectivity index (χ0) is 15.6. The number of benzene rings is 1. The molecule has 0 aliphatic heterocycles. The Hall–Kier alpha value is -1.20. The van der Waals surface area contributed by atoms with Crippen LogP contribution in [-0.4, -0.2) is 10.9 Å². The highest BCUT2D eigenvalue weighted by molar-refractivity contribution is 9.10. The number of halogens is 1. The number of aromatic nitrogens is 1. The Bertz CT molecular complexity index is 677. The monoisotopic (exact) mass is 378 g/mol. The first-order valence-corrected chi connectivity index (χ1v) is 9.23. The molecule has 3 nitrogen and oxygen atoms in total. The molecule has 0 spiro atoms. The van der Waals surface area contributed by atoms with Gasteiger partial charge in [0.15, 0.2) is 0 Å². The second kappa shape index (κ2) is 6.50. The normalized spacial score (nSPS) is 16.6. The van der Waals surface area contributed by atoms with E-state index in [1.54, 1.807) is 11.3 Å². The molecule has 1 saturated carbocycles. The van der Waals surface area contributed by atoms with Crippen molar-refractivity contribution in [2.45, 2.75) is 44.6 Å². The molecule has 1 amide bonds. The van der Waals surface area contributed by atoms with Crippen LogP contribution < -0.4 is 5.32 Å². The van der Waals surface area contributed by atoms with Crippen LogP contribution in [0.2, 0.25) is 0 Å². The Balaban J connectivity index is 1.75. The minimum atomic E-state index is -0.248. The molecule has 3 rings (SSSR count). The van der Waals surface area contributed by atoms with Gasteiger partial charge in [0.25, 0.3) is 0 Å². The van der Waals surface area contributed by atoms with Gasteiger partial charge in [-0.25, -0.2) is 4.98 Å². The summed E-state index contributed by atoms with van der Waals surface area (Å²) >= 11 is 5.11. The van der Waals surface area contributed by atoms with Crippen LogP contribution in [0.4, 0.5) is 0 Å². The lowest BCUT2D eigenvalue weighted by Crippen LogP contribution is -2.44. The molecular formula is C17H19BrN2OS. The summed E-state index contributed by atoms with van der Waals surface area (Å²) in [7, 11) is 0. The van der Waals surface area contributed by atoms with Gasteiger partial charge in [-0.2, -0.15) is 0 Å². The van der Waals surface area contributed by atoms with Crippen LogP contribution >= 0.6 is 27.3 Å². The molecular weight excluding hydrogens is 360 g/mol. The van der Waals surface area contributed by atoms with E-state index in [1.807, 2.05) is 31.2 Å². The first kappa shape index (κ1) is 15.7.